The van der Waals surface area contributed by atoms with Crippen LogP contribution in [0.4, 0.5) is 10.6 Å². The zero-order chi connectivity index (χ0) is 21.1. The SMILES string of the molecule is CCCCNC(=O)N1Cc2c(NC(=O)Cc3ccccc3)nn(C(=O)C3CC3)c2C1. The van der Waals surface area contributed by atoms with Crippen molar-refractivity contribution >= 4 is 23.7 Å². The Morgan fingerprint density at radius 1 is 1.13 bits per heavy atom. The summed E-state index contributed by atoms with van der Waals surface area (Å²) in [4.78, 5) is 39.4. The van der Waals surface area contributed by atoms with Crippen LogP contribution in [0.25, 0.3) is 0 Å². The molecule has 0 radical (unpaired) electrons. The Morgan fingerprint density at radius 2 is 1.90 bits per heavy atom. The fourth-order valence-electron chi connectivity index (χ4n) is 3.61. The number of nitrogens with zero attached hydrogens (tertiary/aromatic N) is 3. The summed E-state index contributed by atoms with van der Waals surface area (Å²) in [7, 11) is 0. The maximum atomic E-state index is 12.7. The quantitative estimate of drug-likeness (QED) is 0.687. The normalized spacial score (nSPS) is 15.0. The van der Waals surface area contributed by atoms with Crippen LogP contribution in [0.15, 0.2) is 30.3 Å². The Morgan fingerprint density at radius 3 is 2.60 bits per heavy atom. The molecule has 1 aromatic heterocycles. The summed E-state index contributed by atoms with van der Waals surface area (Å²) in [6.45, 7) is 3.33. The third-order valence-electron chi connectivity index (χ3n) is 5.47. The van der Waals surface area contributed by atoms with Gasteiger partial charge in [0, 0.05) is 18.0 Å². The van der Waals surface area contributed by atoms with Gasteiger partial charge < -0.3 is 15.5 Å². The van der Waals surface area contributed by atoms with Crippen molar-refractivity contribution in [1.29, 1.82) is 0 Å². The van der Waals surface area contributed by atoms with Crippen LogP contribution >= 0.6 is 0 Å². The second kappa shape index (κ2) is 8.69. The maximum absolute atomic E-state index is 12.7. The molecule has 3 amide bonds. The molecule has 1 aliphatic heterocycles. The smallest absolute Gasteiger partial charge is 0.318 e. The van der Waals surface area contributed by atoms with Crippen molar-refractivity contribution in [2.75, 3.05) is 11.9 Å². The second-order valence-electron chi connectivity index (χ2n) is 7.95. The number of carbonyl (C=O) groups is 3. The minimum atomic E-state index is -0.196. The van der Waals surface area contributed by atoms with Gasteiger partial charge in [0.2, 0.25) is 11.8 Å². The Kier molecular flexibility index (Phi) is 5.83. The van der Waals surface area contributed by atoms with E-state index in [0.29, 0.717) is 31.1 Å². The fourth-order valence-corrected chi connectivity index (χ4v) is 3.61. The van der Waals surface area contributed by atoms with E-state index in [2.05, 4.69) is 22.7 Å². The zero-order valence-corrected chi connectivity index (χ0v) is 17.2. The van der Waals surface area contributed by atoms with Crippen molar-refractivity contribution in [2.24, 2.45) is 5.92 Å². The number of rotatable bonds is 7. The number of aromatic nitrogens is 2. The standard InChI is InChI=1S/C22H27N5O3/c1-2-3-11-23-22(30)26-13-17-18(14-26)27(21(29)16-9-10-16)25-20(17)24-19(28)12-15-7-5-4-6-8-15/h4-8,16H,2-3,9-14H2,1H3,(H,23,30)(H,24,25,28). The van der Waals surface area contributed by atoms with Crippen LogP contribution in [0.3, 0.4) is 0 Å². The number of fused-ring (bicyclic) bond motifs is 1. The van der Waals surface area contributed by atoms with Gasteiger partial charge in [-0.25, -0.2) is 9.48 Å². The highest BCUT2D eigenvalue weighted by Gasteiger charge is 2.38. The van der Waals surface area contributed by atoms with Gasteiger partial charge in [-0.1, -0.05) is 43.7 Å². The molecule has 1 saturated carbocycles. The summed E-state index contributed by atoms with van der Waals surface area (Å²) >= 11 is 0. The summed E-state index contributed by atoms with van der Waals surface area (Å²) in [5.74, 6) is 0.125. The minimum Gasteiger partial charge on any atom is -0.338 e. The summed E-state index contributed by atoms with van der Waals surface area (Å²) in [6, 6.07) is 9.30. The highest BCUT2D eigenvalue weighted by atomic mass is 16.2. The lowest BCUT2D eigenvalue weighted by Gasteiger charge is -2.17. The monoisotopic (exact) mass is 409 g/mol. The predicted molar refractivity (Wildman–Crippen MR) is 112 cm³/mol. The molecule has 2 N–H and O–H groups in total. The molecule has 8 nitrogen and oxygen atoms in total. The Balaban J connectivity index is 1.51. The highest BCUT2D eigenvalue weighted by molar-refractivity contribution is 5.93. The van der Waals surface area contributed by atoms with E-state index in [4.69, 9.17) is 0 Å². The van der Waals surface area contributed by atoms with Crippen LogP contribution in [0, 0.1) is 5.92 Å². The molecule has 0 unspecified atom stereocenters. The predicted octanol–water partition coefficient (Wildman–Crippen LogP) is 2.94. The van der Waals surface area contributed by atoms with Crippen LogP contribution < -0.4 is 10.6 Å². The molecule has 4 rings (SSSR count). The van der Waals surface area contributed by atoms with E-state index >= 15 is 0 Å². The molecule has 2 heterocycles. The van der Waals surface area contributed by atoms with Gasteiger partial charge in [0.15, 0.2) is 5.82 Å². The van der Waals surface area contributed by atoms with Crippen LogP contribution in [0.2, 0.25) is 0 Å². The minimum absolute atomic E-state index is 0.00528. The summed E-state index contributed by atoms with van der Waals surface area (Å²) < 4.78 is 1.41. The first-order valence-electron chi connectivity index (χ1n) is 10.6. The lowest BCUT2D eigenvalue weighted by atomic mass is 10.1. The summed E-state index contributed by atoms with van der Waals surface area (Å²) in [5, 5.41) is 10.2. The molecule has 1 aromatic carbocycles. The molecule has 0 spiro atoms. The number of anilines is 1. The molecule has 2 aromatic rings. The maximum Gasteiger partial charge on any atom is 0.318 e. The lowest BCUT2D eigenvalue weighted by Crippen LogP contribution is -2.37. The van der Waals surface area contributed by atoms with E-state index in [1.807, 2.05) is 30.3 Å². The van der Waals surface area contributed by atoms with Crippen molar-refractivity contribution in [2.45, 2.75) is 52.1 Å². The van der Waals surface area contributed by atoms with Gasteiger partial charge in [0.25, 0.3) is 0 Å². The van der Waals surface area contributed by atoms with E-state index in [1.54, 1.807) is 4.90 Å². The van der Waals surface area contributed by atoms with Crippen LogP contribution in [0.1, 0.15) is 54.2 Å². The van der Waals surface area contributed by atoms with Gasteiger partial charge >= 0.3 is 6.03 Å². The Labute approximate surface area is 175 Å². The van der Waals surface area contributed by atoms with E-state index in [-0.39, 0.29) is 30.2 Å². The number of amides is 3. The Bertz CT molecular complexity index is 949. The van der Waals surface area contributed by atoms with Crippen LogP contribution in [-0.4, -0.2) is 39.1 Å². The van der Waals surface area contributed by atoms with E-state index in [1.165, 1.54) is 4.68 Å². The molecule has 30 heavy (non-hydrogen) atoms. The van der Waals surface area contributed by atoms with Gasteiger partial charge in [-0.2, -0.15) is 0 Å². The molecule has 2 aliphatic rings. The van der Waals surface area contributed by atoms with E-state index in [9.17, 15) is 14.4 Å². The van der Waals surface area contributed by atoms with Gasteiger partial charge in [0.1, 0.15) is 0 Å². The number of nitrogens with one attached hydrogen (secondary N) is 2. The number of urea groups is 1. The topological polar surface area (TPSA) is 96.3 Å². The van der Waals surface area contributed by atoms with Crippen LogP contribution in [0.5, 0.6) is 0 Å². The van der Waals surface area contributed by atoms with Gasteiger partial charge in [-0.05, 0) is 24.8 Å². The Hall–Kier alpha value is -3.16. The summed E-state index contributed by atoms with van der Waals surface area (Å²) in [6.07, 6.45) is 3.87. The lowest BCUT2D eigenvalue weighted by molar-refractivity contribution is -0.115. The van der Waals surface area contributed by atoms with Gasteiger partial charge in [0.05, 0.1) is 25.2 Å². The van der Waals surface area contributed by atoms with Crippen molar-refractivity contribution in [3.05, 3.63) is 47.2 Å². The third-order valence-corrected chi connectivity index (χ3v) is 5.47. The molecule has 0 atom stereocenters. The molecule has 0 saturated heterocycles. The second-order valence-corrected chi connectivity index (χ2v) is 7.95. The number of benzene rings is 1. The first-order chi connectivity index (χ1) is 14.6. The average molecular weight is 409 g/mol. The number of carbonyl (C=O) groups excluding carboxylic acids is 3. The van der Waals surface area contributed by atoms with Crippen LogP contribution in [-0.2, 0) is 24.3 Å². The number of hydrogen-bond acceptors (Lipinski definition) is 4. The molecular weight excluding hydrogens is 382 g/mol. The van der Waals surface area contributed by atoms with Crippen molar-refractivity contribution in [3.63, 3.8) is 0 Å². The third kappa shape index (κ3) is 4.37. The fraction of sp³-hybridized carbons (Fsp3) is 0.455. The first-order valence-corrected chi connectivity index (χ1v) is 10.6. The first kappa shape index (κ1) is 20.1. The average Bonchev–Trinajstić information content (AvgIpc) is 3.41. The number of hydrogen-bond donors (Lipinski definition) is 2. The van der Waals surface area contributed by atoms with Crippen molar-refractivity contribution in [3.8, 4) is 0 Å². The summed E-state index contributed by atoms with van der Waals surface area (Å²) in [5.41, 5.74) is 2.35. The largest absolute Gasteiger partial charge is 0.338 e. The van der Waals surface area contributed by atoms with Gasteiger partial charge in [-0.3, -0.25) is 9.59 Å². The van der Waals surface area contributed by atoms with Crippen molar-refractivity contribution < 1.29 is 14.4 Å². The molecule has 0 bridgehead atoms. The molecule has 1 aliphatic carbocycles. The molecule has 1 fully saturated rings. The molecular formula is C22H27N5O3. The van der Waals surface area contributed by atoms with Crippen molar-refractivity contribution in [1.82, 2.24) is 20.0 Å². The highest BCUT2D eigenvalue weighted by Crippen LogP contribution is 2.35. The molecule has 158 valence electrons. The van der Waals surface area contributed by atoms with Gasteiger partial charge in [-0.15, -0.1) is 5.10 Å². The van der Waals surface area contributed by atoms with E-state index < -0.39 is 0 Å². The van der Waals surface area contributed by atoms with E-state index in [0.717, 1.165) is 36.8 Å². The zero-order valence-electron chi connectivity index (χ0n) is 17.2. The number of unbranched alkanes of at least 4 members (excludes halogenated alkanes) is 1. The molecule has 8 heteroatoms.